The third kappa shape index (κ3) is 2.19. The van der Waals surface area contributed by atoms with E-state index in [0.29, 0.717) is 12.1 Å². The van der Waals surface area contributed by atoms with E-state index in [1.165, 1.54) is 17.7 Å². The maximum Gasteiger partial charge on any atom is 0.219 e. The van der Waals surface area contributed by atoms with Gasteiger partial charge in [-0.15, -0.1) is 0 Å². The van der Waals surface area contributed by atoms with Crippen LogP contribution in [0, 0.1) is 5.82 Å². The van der Waals surface area contributed by atoms with E-state index in [9.17, 15) is 9.18 Å². The molecule has 2 heterocycles. The molecule has 1 aromatic heterocycles. The van der Waals surface area contributed by atoms with Gasteiger partial charge >= 0.3 is 0 Å². The normalized spacial score (nSPS) is 25.1. The minimum absolute atomic E-state index is 0.0306. The summed E-state index contributed by atoms with van der Waals surface area (Å²) in [4.78, 5) is 17.1. The molecule has 0 bridgehead atoms. The summed E-state index contributed by atoms with van der Waals surface area (Å²) in [5.41, 5.74) is 0.925. The zero-order valence-corrected chi connectivity index (χ0v) is 14.6. The summed E-state index contributed by atoms with van der Waals surface area (Å²) >= 11 is 0. The summed E-state index contributed by atoms with van der Waals surface area (Å²) in [6.07, 6.45) is 5.85. The van der Waals surface area contributed by atoms with Crippen LogP contribution in [-0.4, -0.2) is 22.3 Å². The van der Waals surface area contributed by atoms with E-state index < -0.39 is 11.5 Å². The Morgan fingerprint density at radius 1 is 1.31 bits per heavy atom. The number of hydrogen-bond donors (Lipinski definition) is 1. The molecule has 5 rings (SSSR count). The van der Waals surface area contributed by atoms with Crippen LogP contribution < -0.4 is 10.6 Å². The number of carbonyl (C=O) groups is 1. The van der Waals surface area contributed by atoms with Crippen LogP contribution >= 0.6 is 0 Å². The van der Waals surface area contributed by atoms with Crippen molar-refractivity contribution in [2.45, 2.75) is 43.8 Å². The highest BCUT2D eigenvalue weighted by Gasteiger charge is 2.51. The first-order chi connectivity index (χ1) is 12.4. The van der Waals surface area contributed by atoms with Crippen LogP contribution in [0.15, 0.2) is 24.3 Å². The van der Waals surface area contributed by atoms with Crippen LogP contribution in [0.4, 0.5) is 8.78 Å². The highest BCUT2D eigenvalue weighted by Crippen LogP contribution is 2.51. The maximum absolute atomic E-state index is 15.6. The highest BCUT2D eigenvalue weighted by molar-refractivity contribution is 5.74. The maximum atomic E-state index is 15.6. The van der Waals surface area contributed by atoms with Crippen LogP contribution in [0.25, 0.3) is 12.2 Å². The fourth-order valence-electron chi connectivity index (χ4n) is 4.60. The first-order valence-electron chi connectivity index (χ1n) is 9.05. The van der Waals surface area contributed by atoms with Gasteiger partial charge in [0.05, 0.1) is 6.54 Å². The number of amides is 1. The second-order valence-corrected chi connectivity index (χ2v) is 7.89. The molecular formula is C21H20F2N2O. The van der Waals surface area contributed by atoms with Crippen molar-refractivity contribution in [1.29, 1.82) is 0 Å². The number of H-pyrrole nitrogens is 1. The third-order valence-electron chi connectivity index (χ3n) is 6.10. The number of benzene rings is 1. The number of carbonyl (C=O) groups excluding carboxylic acids is 1. The van der Waals surface area contributed by atoms with Crippen molar-refractivity contribution in [1.82, 2.24) is 9.88 Å². The van der Waals surface area contributed by atoms with Gasteiger partial charge in [0.25, 0.3) is 0 Å². The number of halogens is 2. The second-order valence-electron chi connectivity index (χ2n) is 7.89. The van der Waals surface area contributed by atoms with Crippen molar-refractivity contribution in [3.05, 3.63) is 57.5 Å². The lowest BCUT2D eigenvalue weighted by atomic mass is 9.85. The molecule has 1 fully saturated rings. The zero-order valence-electron chi connectivity index (χ0n) is 14.6. The molecule has 2 aliphatic carbocycles. The lowest BCUT2D eigenvalue weighted by Gasteiger charge is -2.32. The summed E-state index contributed by atoms with van der Waals surface area (Å²) < 4.78 is 29.2. The van der Waals surface area contributed by atoms with Gasteiger partial charge in [0.1, 0.15) is 5.82 Å². The van der Waals surface area contributed by atoms with E-state index in [2.05, 4.69) is 4.98 Å². The van der Waals surface area contributed by atoms with Gasteiger partial charge in [0, 0.05) is 36.3 Å². The lowest BCUT2D eigenvalue weighted by Crippen LogP contribution is -2.43. The second kappa shape index (κ2) is 5.06. The first-order valence-corrected chi connectivity index (χ1v) is 9.05. The van der Waals surface area contributed by atoms with Gasteiger partial charge in [-0.05, 0) is 47.4 Å². The number of aromatic amines is 1. The fraction of sp³-hybridized carbons (Fsp3) is 0.381. The minimum Gasteiger partial charge on any atom is -0.357 e. The summed E-state index contributed by atoms with van der Waals surface area (Å²) in [6, 6.07) is 5.75. The SMILES string of the molecule is CC(=O)N1Cc2[nH]c3c(c2C2(CC2)C1)=CCC(F)(c1cccc(F)c1)C=3. The van der Waals surface area contributed by atoms with Crippen LogP contribution in [-0.2, 0) is 22.4 Å². The van der Waals surface area contributed by atoms with Crippen molar-refractivity contribution in [3.8, 4) is 0 Å². The minimum atomic E-state index is -1.72. The summed E-state index contributed by atoms with van der Waals surface area (Å²) in [6.45, 7) is 2.89. The summed E-state index contributed by atoms with van der Waals surface area (Å²) in [5.74, 6) is -0.361. The number of alkyl halides is 1. The molecular weight excluding hydrogens is 334 g/mol. The molecule has 3 nitrogen and oxygen atoms in total. The number of nitrogens with one attached hydrogen (secondary N) is 1. The molecule has 134 valence electrons. The van der Waals surface area contributed by atoms with Crippen molar-refractivity contribution in [2.75, 3.05) is 6.54 Å². The van der Waals surface area contributed by atoms with Gasteiger partial charge in [-0.1, -0.05) is 18.2 Å². The molecule has 2 aromatic rings. The smallest absolute Gasteiger partial charge is 0.219 e. The van der Waals surface area contributed by atoms with Crippen LogP contribution in [0.2, 0.25) is 0 Å². The number of aromatic nitrogens is 1. The van der Waals surface area contributed by atoms with Gasteiger partial charge in [0.2, 0.25) is 5.91 Å². The molecule has 5 heteroatoms. The highest BCUT2D eigenvalue weighted by atomic mass is 19.1. The molecule has 1 saturated carbocycles. The number of hydrogen-bond acceptors (Lipinski definition) is 1. The Kier molecular flexibility index (Phi) is 3.07. The molecule has 26 heavy (non-hydrogen) atoms. The van der Waals surface area contributed by atoms with Crippen LogP contribution in [0.1, 0.15) is 43.0 Å². The average Bonchev–Trinajstić information content (AvgIpc) is 3.25. The average molecular weight is 354 g/mol. The summed E-state index contributed by atoms with van der Waals surface area (Å²) in [7, 11) is 0. The number of nitrogens with zero attached hydrogens (tertiary/aromatic N) is 1. The molecule has 1 N–H and O–H groups in total. The third-order valence-corrected chi connectivity index (χ3v) is 6.10. The lowest BCUT2D eigenvalue weighted by molar-refractivity contribution is -0.130. The Balaban J connectivity index is 1.65. The quantitative estimate of drug-likeness (QED) is 0.839. The van der Waals surface area contributed by atoms with Crippen molar-refractivity contribution in [3.63, 3.8) is 0 Å². The molecule has 1 atom stereocenters. The van der Waals surface area contributed by atoms with E-state index in [-0.39, 0.29) is 17.7 Å². The molecule has 1 amide bonds. The standard InChI is InChI=1S/C21H20F2N2O/c1-13(26)25-11-18-19(20(12-25)7-8-20)16-5-6-21(23,10-17(16)24-18)14-3-2-4-15(22)9-14/h2-5,9-10,24H,6-8,11-12H2,1H3. The Labute approximate surface area is 150 Å². The van der Waals surface area contributed by atoms with Crippen molar-refractivity contribution >= 4 is 18.1 Å². The van der Waals surface area contributed by atoms with E-state index >= 15 is 4.39 Å². The Morgan fingerprint density at radius 2 is 2.12 bits per heavy atom. The van der Waals surface area contributed by atoms with Gasteiger partial charge in [0.15, 0.2) is 5.67 Å². The zero-order chi connectivity index (χ0) is 18.1. The van der Waals surface area contributed by atoms with E-state index in [1.54, 1.807) is 25.1 Å². The molecule has 1 spiro atoms. The van der Waals surface area contributed by atoms with Crippen molar-refractivity contribution in [2.24, 2.45) is 0 Å². The fourth-order valence-corrected chi connectivity index (χ4v) is 4.60. The summed E-state index contributed by atoms with van der Waals surface area (Å²) in [5, 5.41) is 1.83. The first kappa shape index (κ1) is 15.8. The van der Waals surface area contributed by atoms with E-state index in [4.69, 9.17) is 0 Å². The van der Waals surface area contributed by atoms with E-state index in [1.807, 2.05) is 11.0 Å². The monoisotopic (exact) mass is 354 g/mol. The van der Waals surface area contributed by atoms with Crippen LogP contribution in [0.5, 0.6) is 0 Å². The van der Waals surface area contributed by atoms with Gasteiger partial charge < -0.3 is 9.88 Å². The van der Waals surface area contributed by atoms with Gasteiger partial charge in [-0.3, -0.25) is 4.79 Å². The molecule has 0 saturated heterocycles. The molecule has 1 aliphatic heterocycles. The van der Waals surface area contributed by atoms with Gasteiger partial charge in [-0.2, -0.15) is 0 Å². The molecule has 1 aromatic carbocycles. The molecule has 0 radical (unpaired) electrons. The molecule has 3 aliphatic rings. The van der Waals surface area contributed by atoms with E-state index in [0.717, 1.165) is 35.6 Å². The predicted molar refractivity (Wildman–Crippen MR) is 94.8 cm³/mol. The van der Waals surface area contributed by atoms with Crippen molar-refractivity contribution < 1.29 is 13.6 Å². The largest absolute Gasteiger partial charge is 0.357 e. The number of fused-ring (bicyclic) bond motifs is 4. The topological polar surface area (TPSA) is 36.1 Å². The predicted octanol–water partition coefficient (Wildman–Crippen LogP) is 2.38. The van der Waals surface area contributed by atoms with Crippen LogP contribution in [0.3, 0.4) is 0 Å². The Bertz CT molecular complexity index is 1050. The Hall–Kier alpha value is -2.43. The molecule has 1 unspecified atom stereocenters. The Morgan fingerprint density at radius 3 is 2.81 bits per heavy atom. The number of rotatable bonds is 1. The van der Waals surface area contributed by atoms with Gasteiger partial charge in [-0.25, -0.2) is 8.78 Å².